The lowest BCUT2D eigenvalue weighted by Gasteiger charge is -2.34. The van der Waals surface area contributed by atoms with E-state index in [0.29, 0.717) is 26.2 Å². The van der Waals surface area contributed by atoms with Crippen LogP contribution >= 0.6 is 0 Å². The number of nitrogens with one attached hydrogen (secondary N) is 2. The van der Waals surface area contributed by atoms with Gasteiger partial charge in [0.25, 0.3) is 0 Å². The minimum Gasteiger partial charge on any atom is -0.497 e. The second-order valence-corrected chi connectivity index (χ2v) is 8.17. The maximum Gasteiger partial charge on any atom is 0.237 e. The second kappa shape index (κ2) is 10.8. The topological polar surface area (TPSA) is 70.7 Å². The molecule has 1 heterocycles. The van der Waals surface area contributed by atoms with E-state index < -0.39 is 6.04 Å². The van der Waals surface area contributed by atoms with Crippen molar-refractivity contribution in [2.24, 2.45) is 0 Å². The highest BCUT2D eigenvalue weighted by atomic mass is 16.5. The highest BCUT2D eigenvalue weighted by Crippen LogP contribution is 2.21. The Hall–Kier alpha value is -3.64. The smallest absolute Gasteiger partial charge is 0.237 e. The molecule has 0 saturated carbocycles. The Kier molecular flexibility index (Phi) is 7.37. The van der Waals surface area contributed by atoms with Gasteiger partial charge in [0.2, 0.25) is 11.8 Å². The fourth-order valence-corrected chi connectivity index (χ4v) is 4.03. The van der Waals surface area contributed by atoms with Crippen LogP contribution in [-0.4, -0.2) is 43.0 Å². The quantitative estimate of drug-likeness (QED) is 0.560. The number of rotatable bonds is 8. The minimum absolute atomic E-state index is 0.0956. The van der Waals surface area contributed by atoms with Gasteiger partial charge in [-0.1, -0.05) is 66.7 Å². The molecule has 1 saturated heterocycles. The molecule has 33 heavy (non-hydrogen) atoms. The molecule has 0 aliphatic carbocycles. The van der Waals surface area contributed by atoms with Gasteiger partial charge in [0, 0.05) is 26.2 Å². The third kappa shape index (κ3) is 5.99. The first kappa shape index (κ1) is 22.6. The SMILES string of the molecule is COc1ccc(CNC(=O)CC2C(=O)NCCN2Cc2ccc(-c3ccccc3)cc2)cc1. The number of benzene rings is 3. The molecule has 4 rings (SSSR count). The molecule has 3 aromatic carbocycles. The zero-order chi connectivity index (χ0) is 23.0. The average Bonchev–Trinajstić information content (AvgIpc) is 2.86. The van der Waals surface area contributed by atoms with Crippen LogP contribution in [0.15, 0.2) is 78.9 Å². The van der Waals surface area contributed by atoms with Gasteiger partial charge in [0.05, 0.1) is 19.6 Å². The van der Waals surface area contributed by atoms with Crippen LogP contribution in [0.25, 0.3) is 11.1 Å². The lowest BCUT2D eigenvalue weighted by molar-refractivity contribution is -0.134. The Balaban J connectivity index is 1.36. The summed E-state index contributed by atoms with van der Waals surface area (Å²) in [4.78, 5) is 27.3. The molecule has 3 aromatic rings. The maximum absolute atomic E-state index is 12.6. The number of hydrogen-bond donors (Lipinski definition) is 2. The molecule has 2 amide bonds. The van der Waals surface area contributed by atoms with Gasteiger partial charge < -0.3 is 15.4 Å². The third-order valence-electron chi connectivity index (χ3n) is 5.92. The zero-order valence-corrected chi connectivity index (χ0v) is 18.8. The predicted molar refractivity (Wildman–Crippen MR) is 129 cm³/mol. The largest absolute Gasteiger partial charge is 0.497 e. The van der Waals surface area contributed by atoms with Crippen molar-refractivity contribution in [3.05, 3.63) is 90.0 Å². The molecule has 1 unspecified atom stereocenters. The van der Waals surface area contributed by atoms with Crippen LogP contribution in [-0.2, 0) is 22.7 Å². The van der Waals surface area contributed by atoms with Gasteiger partial charge in [-0.25, -0.2) is 0 Å². The van der Waals surface area contributed by atoms with Gasteiger partial charge in [-0.3, -0.25) is 14.5 Å². The summed E-state index contributed by atoms with van der Waals surface area (Å²) in [5.74, 6) is 0.537. The van der Waals surface area contributed by atoms with Crippen molar-refractivity contribution >= 4 is 11.8 Å². The molecule has 2 N–H and O–H groups in total. The van der Waals surface area contributed by atoms with Crippen LogP contribution in [0.2, 0.25) is 0 Å². The molecule has 1 aliphatic rings. The van der Waals surface area contributed by atoms with Gasteiger partial charge in [-0.2, -0.15) is 0 Å². The summed E-state index contributed by atoms with van der Waals surface area (Å²) < 4.78 is 5.16. The number of carbonyl (C=O) groups excluding carboxylic acids is 2. The number of methoxy groups -OCH3 is 1. The molecular weight excluding hydrogens is 414 g/mol. The number of piperazine rings is 1. The van der Waals surface area contributed by atoms with E-state index in [0.717, 1.165) is 22.4 Å². The summed E-state index contributed by atoms with van der Waals surface area (Å²) >= 11 is 0. The van der Waals surface area contributed by atoms with E-state index in [4.69, 9.17) is 4.74 Å². The Morgan fingerprint density at radius 3 is 2.33 bits per heavy atom. The molecule has 0 radical (unpaired) electrons. The maximum atomic E-state index is 12.6. The van der Waals surface area contributed by atoms with E-state index in [9.17, 15) is 9.59 Å². The number of amides is 2. The molecule has 0 aromatic heterocycles. The van der Waals surface area contributed by atoms with E-state index in [1.165, 1.54) is 5.56 Å². The number of carbonyl (C=O) groups is 2. The van der Waals surface area contributed by atoms with Crippen molar-refractivity contribution in [3.63, 3.8) is 0 Å². The second-order valence-electron chi connectivity index (χ2n) is 8.17. The Labute approximate surface area is 194 Å². The Morgan fingerprint density at radius 2 is 1.64 bits per heavy atom. The van der Waals surface area contributed by atoms with Crippen molar-refractivity contribution in [2.45, 2.75) is 25.6 Å². The molecule has 1 atom stereocenters. The Morgan fingerprint density at radius 1 is 0.970 bits per heavy atom. The highest BCUT2D eigenvalue weighted by molar-refractivity contribution is 5.88. The standard InChI is InChI=1S/C27H29N3O3/c1-33-24-13-9-20(10-14-24)18-29-26(31)17-25-27(32)28-15-16-30(25)19-21-7-11-23(12-8-21)22-5-3-2-4-6-22/h2-14,25H,15-19H2,1H3,(H,28,32)(H,29,31). The average molecular weight is 444 g/mol. The number of nitrogens with zero attached hydrogens (tertiary/aromatic N) is 1. The zero-order valence-electron chi connectivity index (χ0n) is 18.8. The van der Waals surface area contributed by atoms with Crippen LogP contribution in [0.5, 0.6) is 5.75 Å². The van der Waals surface area contributed by atoms with E-state index in [1.807, 2.05) is 42.5 Å². The van der Waals surface area contributed by atoms with E-state index >= 15 is 0 Å². The predicted octanol–water partition coefficient (Wildman–Crippen LogP) is 3.37. The van der Waals surface area contributed by atoms with Crippen LogP contribution in [0.3, 0.4) is 0 Å². The molecule has 6 heteroatoms. The summed E-state index contributed by atoms with van der Waals surface area (Å²) in [5, 5.41) is 5.82. The van der Waals surface area contributed by atoms with Crippen molar-refractivity contribution in [3.8, 4) is 16.9 Å². The first-order valence-corrected chi connectivity index (χ1v) is 11.2. The van der Waals surface area contributed by atoms with Crippen molar-refractivity contribution in [1.29, 1.82) is 0 Å². The van der Waals surface area contributed by atoms with Gasteiger partial charge in [-0.15, -0.1) is 0 Å². The van der Waals surface area contributed by atoms with E-state index in [1.54, 1.807) is 7.11 Å². The fourth-order valence-electron chi connectivity index (χ4n) is 4.03. The lowest BCUT2D eigenvalue weighted by Crippen LogP contribution is -2.56. The van der Waals surface area contributed by atoms with Crippen LogP contribution < -0.4 is 15.4 Å². The van der Waals surface area contributed by atoms with Crippen molar-refractivity contribution in [2.75, 3.05) is 20.2 Å². The van der Waals surface area contributed by atoms with Crippen LogP contribution in [0.1, 0.15) is 17.5 Å². The van der Waals surface area contributed by atoms with Gasteiger partial charge in [0.1, 0.15) is 5.75 Å². The summed E-state index contributed by atoms with van der Waals surface area (Å²) in [7, 11) is 1.62. The molecule has 1 fully saturated rings. The summed E-state index contributed by atoms with van der Waals surface area (Å²) in [6, 6.07) is 25.7. The number of hydrogen-bond acceptors (Lipinski definition) is 4. The van der Waals surface area contributed by atoms with E-state index in [2.05, 4.69) is 51.9 Å². The summed E-state index contributed by atoms with van der Waals surface area (Å²) in [6.07, 6.45) is 0.129. The van der Waals surface area contributed by atoms with Gasteiger partial charge in [0.15, 0.2) is 0 Å². The van der Waals surface area contributed by atoms with Gasteiger partial charge >= 0.3 is 0 Å². The van der Waals surface area contributed by atoms with Crippen molar-refractivity contribution in [1.82, 2.24) is 15.5 Å². The van der Waals surface area contributed by atoms with Crippen LogP contribution in [0.4, 0.5) is 0 Å². The first-order chi connectivity index (χ1) is 16.1. The fraction of sp³-hybridized carbons (Fsp3) is 0.259. The molecule has 0 spiro atoms. The van der Waals surface area contributed by atoms with Gasteiger partial charge in [-0.05, 0) is 34.4 Å². The third-order valence-corrected chi connectivity index (χ3v) is 5.92. The minimum atomic E-state index is -0.483. The summed E-state index contributed by atoms with van der Waals surface area (Å²) in [6.45, 7) is 2.34. The normalized spacial score (nSPS) is 16.2. The van der Waals surface area contributed by atoms with Crippen molar-refractivity contribution < 1.29 is 14.3 Å². The molecule has 0 bridgehead atoms. The highest BCUT2D eigenvalue weighted by Gasteiger charge is 2.31. The number of ether oxygens (including phenoxy) is 1. The molecular formula is C27H29N3O3. The van der Waals surface area contributed by atoms with E-state index in [-0.39, 0.29) is 18.2 Å². The first-order valence-electron chi connectivity index (χ1n) is 11.2. The Bertz CT molecular complexity index is 1070. The summed E-state index contributed by atoms with van der Waals surface area (Å²) in [5.41, 5.74) is 4.43. The molecule has 6 nitrogen and oxygen atoms in total. The molecule has 1 aliphatic heterocycles. The lowest BCUT2D eigenvalue weighted by atomic mass is 10.0. The van der Waals surface area contributed by atoms with Crippen LogP contribution in [0, 0.1) is 0 Å². The monoisotopic (exact) mass is 443 g/mol. The molecule has 170 valence electrons.